The minimum Gasteiger partial charge on any atom is -0.497 e. The fourth-order valence-electron chi connectivity index (χ4n) is 1.89. The van der Waals surface area contributed by atoms with Crippen LogP contribution in [-0.2, 0) is 6.54 Å². The van der Waals surface area contributed by atoms with Crippen molar-refractivity contribution in [3.63, 3.8) is 0 Å². The molecule has 0 aliphatic carbocycles. The highest BCUT2D eigenvalue weighted by Gasteiger charge is 2.10. The van der Waals surface area contributed by atoms with Gasteiger partial charge in [0.25, 0.3) is 0 Å². The molecule has 0 N–H and O–H groups in total. The SMILES string of the molecule is COc1ccc(CN(CCN(C)C)c2nccs2)cc1.Cl.Cl. The van der Waals surface area contributed by atoms with E-state index in [0.717, 1.165) is 30.5 Å². The van der Waals surface area contributed by atoms with E-state index in [0.29, 0.717) is 0 Å². The van der Waals surface area contributed by atoms with Gasteiger partial charge in [0.15, 0.2) is 5.13 Å². The second-order valence-corrected chi connectivity index (χ2v) is 5.76. The van der Waals surface area contributed by atoms with Crippen LogP contribution in [0.2, 0.25) is 0 Å². The minimum atomic E-state index is 0. The third kappa shape index (κ3) is 6.40. The number of aromatic nitrogens is 1. The standard InChI is InChI=1S/C15H21N3OS.2ClH/c1-17(2)9-10-18(15-16-8-11-20-15)12-13-4-6-14(19-3)7-5-13;;/h4-8,11H,9-10,12H2,1-3H3;2*1H. The van der Waals surface area contributed by atoms with E-state index in [1.54, 1.807) is 18.4 Å². The Balaban J connectivity index is 0.00000220. The largest absolute Gasteiger partial charge is 0.497 e. The summed E-state index contributed by atoms with van der Waals surface area (Å²) >= 11 is 1.68. The van der Waals surface area contributed by atoms with Crippen LogP contribution in [-0.4, -0.2) is 44.2 Å². The molecule has 124 valence electrons. The van der Waals surface area contributed by atoms with Crippen molar-refractivity contribution < 1.29 is 4.74 Å². The fourth-order valence-corrected chi connectivity index (χ4v) is 2.56. The molecule has 7 heteroatoms. The Morgan fingerprint density at radius 1 is 1.09 bits per heavy atom. The zero-order valence-corrected chi connectivity index (χ0v) is 15.5. The Labute approximate surface area is 148 Å². The van der Waals surface area contributed by atoms with Gasteiger partial charge in [-0.15, -0.1) is 36.2 Å². The van der Waals surface area contributed by atoms with Crippen LogP contribution >= 0.6 is 36.2 Å². The minimum absolute atomic E-state index is 0. The summed E-state index contributed by atoms with van der Waals surface area (Å²) < 4.78 is 5.19. The molecule has 0 saturated carbocycles. The van der Waals surface area contributed by atoms with Gasteiger partial charge in [0.2, 0.25) is 0 Å². The van der Waals surface area contributed by atoms with Crippen LogP contribution in [0.25, 0.3) is 0 Å². The number of methoxy groups -OCH3 is 1. The number of benzene rings is 1. The van der Waals surface area contributed by atoms with Crippen LogP contribution in [0.15, 0.2) is 35.8 Å². The van der Waals surface area contributed by atoms with Gasteiger partial charge in [0, 0.05) is 31.2 Å². The van der Waals surface area contributed by atoms with Crippen molar-refractivity contribution in [1.29, 1.82) is 0 Å². The highest BCUT2D eigenvalue weighted by Crippen LogP contribution is 2.20. The maximum absolute atomic E-state index is 5.19. The molecule has 0 aliphatic rings. The quantitative estimate of drug-likeness (QED) is 0.751. The second kappa shape index (κ2) is 10.7. The summed E-state index contributed by atoms with van der Waals surface area (Å²) in [5, 5.41) is 3.09. The number of ether oxygens (including phenoxy) is 1. The van der Waals surface area contributed by atoms with E-state index in [4.69, 9.17) is 4.74 Å². The van der Waals surface area contributed by atoms with Crippen molar-refractivity contribution in [3.8, 4) is 5.75 Å². The molecule has 0 spiro atoms. The van der Waals surface area contributed by atoms with Crippen molar-refractivity contribution in [2.45, 2.75) is 6.54 Å². The molecule has 1 aromatic heterocycles. The predicted octanol–water partition coefficient (Wildman–Crippen LogP) is 3.56. The molecule has 0 aliphatic heterocycles. The molecule has 1 heterocycles. The molecule has 0 atom stereocenters. The number of likely N-dealkylation sites (N-methyl/N-ethyl adjacent to an activating group) is 1. The zero-order chi connectivity index (χ0) is 14.4. The average molecular weight is 364 g/mol. The molecule has 0 unspecified atom stereocenters. The summed E-state index contributed by atoms with van der Waals surface area (Å²) in [6.07, 6.45) is 1.86. The van der Waals surface area contributed by atoms with E-state index in [9.17, 15) is 0 Å². The van der Waals surface area contributed by atoms with Crippen LogP contribution in [0.3, 0.4) is 0 Å². The molecule has 0 fully saturated rings. The molecule has 2 rings (SSSR count). The lowest BCUT2D eigenvalue weighted by atomic mass is 10.2. The van der Waals surface area contributed by atoms with Gasteiger partial charge in [-0.3, -0.25) is 0 Å². The van der Waals surface area contributed by atoms with Crippen molar-refractivity contribution in [3.05, 3.63) is 41.4 Å². The fraction of sp³-hybridized carbons (Fsp3) is 0.400. The van der Waals surface area contributed by atoms with Gasteiger partial charge < -0.3 is 14.5 Å². The van der Waals surface area contributed by atoms with Gasteiger partial charge in [-0.25, -0.2) is 4.98 Å². The molecule has 0 radical (unpaired) electrons. The summed E-state index contributed by atoms with van der Waals surface area (Å²) in [5.74, 6) is 0.892. The number of anilines is 1. The zero-order valence-electron chi connectivity index (χ0n) is 13.1. The lowest BCUT2D eigenvalue weighted by Crippen LogP contribution is -2.31. The summed E-state index contributed by atoms with van der Waals surface area (Å²) in [6.45, 7) is 2.84. The average Bonchev–Trinajstić information content (AvgIpc) is 2.98. The van der Waals surface area contributed by atoms with Gasteiger partial charge in [-0.05, 0) is 31.8 Å². The van der Waals surface area contributed by atoms with Gasteiger partial charge in [-0.1, -0.05) is 12.1 Å². The van der Waals surface area contributed by atoms with Crippen molar-refractivity contribution in [2.75, 3.05) is 39.2 Å². The van der Waals surface area contributed by atoms with Crippen molar-refractivity contribution >= 4 is 41.3 Å². The third-order valence-electron chi connectivity index (χ3n) is 3.04. The number of halogens is 2. The normalized spacial score (nSPS) is 9.82. The maximum atomic E-state index is 5.19. The lowest BCUT2D eigenvalue weighted by molar-refractivity contribution is 0.412. The van der Waals surface area contributed by atoms with Crippen LogP contribution < -0.4 is 9.64 Å². The Morgan fingerprint density at radius 3 is 2.27 bits per heavy atom. The van der Waals surface area contributed by atoms with E-state index in [-0.39, 0.29) is 24.8 Å². The Morgan fingerprint density at radius 2 is 1.77 bits per heavy atom. The second-order valence-electron chi connectivity index (χ2n) is 4.89. The van der Waals surface area contributed by atoms with E-state index >= 15 is 0 Å². The molecule has 2 aromatic rings. The highest BCUT2D eigenvalue weighted by molar-refractivity contribution is 7.13. The highest BCUT2D eigenvalue weighted by atomic mass is 35.5. The van der Waals surface area contributed by atoms with Gasteiger partial charge in [-0.2, -0.15) is 0 Å². The number of hydrogen-bond donors (Lipinski definition) is 0. The first-order chi connectivity index (χ1) is 9.69. The van der Waals surface area contributed by atoms with E-state index < -0.39 is 0 Å². The van der Waals surface area contributed by atoms with Gasteiger partial charge in [0.1, 0.15) is 5.75 Å². The van der Waals surface area contributed by atoms with E-state index in [1.165, 1.54) is 5.56 Å². The first-order valence-electron chi connectivity index (χ1n) is 6.61. The molecule has 22 heavy (non-hydrogen) atoms. The van der Waals surface area contributed by atoms with Crippen molar-refractivity contribution in [1.82, 2.24) is 9.88 Å². The number of nitrogens with zero attached hydrogens (tertiary/aromatic N) is 3. The molecule has 0 saturated heterocycles. The lowest BCUT2D eigenvalue weighted by Gasteiger charge is -2.23. The molecular formula is C15H23Cl2N3OS. The summed E-state index contributed by atoms with van der Waals surface area (Å²) in [4.78, 5) is 8.93. The molecule has 0 amide bonds. The molecule has 0 bridgehead atoms. The van der Waals surface area contributed by atoms with Gasteiger partial charge >= 0.3 is 0 Å². The summed E-state index contributed by atoms with van der Waals surface area (Å²) in [6, 6.07) is 8.22. The predicted molar refractivity (Wildman–Crippen MR) is 99.2 cm³/mol. The Hall–Kier alpha value is -1.01. The topological polar surface area (TPSA) is 28.6 Å². The number of thiazole rings is 1. The molecule has 1 aromatic carbocycles. The van der Waals surface area contributed by atoms with Gasteiger partial charge in [0.05, 0.1) is 7.11 Å². The number of rotatable bonds is 7. The Bertz CT molecular complexity index is 506. The summed E-state index contributed by atoms with van der Waals surface area (Å²) in [5.41, 5.74) is 1.26. The smallest absolute Gasteiger partial charge is 0.185 e. The van der Waals surface area contributed by atoms with Crippen LogP contribution in [0.4, 0.5) is 5.13 Å². The van der Waals surface area contributed by atoms with Crippen LogP contribution in [0, 0.1) is 0 Å². The van der Waals surface area contributed by atoms with Crippen molar-refractivity contribution in [2.24, 2.45) is 0 Å². The van der Waals surface area contributed by atoms with E-state index in [2.05, 4.69) is 41.0 Å². The monoisotopic (exact) mass is 363 g/mol. The first kappa shape index (κ1) is 21.0. The Kier molecular flexibility index (Phi) is 10.2. The molecule has 4 nitrogen and oxygen atoms in total. The number of hydrogen-bond acceptors (Lipinski definition) is 5. The third-order valence-corrected chi connectivity index (χ3v) is 3.87. The first-order valence-corrected chi connectivity index (χ1v) is 7.49. The van der Waals surface area contributed by atoms with Crippen LogP contribution in [0.1, 0.15) is 5.56 Å². The summed E-state index contributed by atoms with van der Waals surface area (Å²) in [7, 11) is 5.87. The maximum Gasteiger partial charge on any atom is 0.185 e. The van der Waals surface area contributed by atoms with Crippen LogP contribution in [0.5, 0.6) is 5.75 Å². The molecular weight excluding hydrogens is 341 g/mol. The van der Waals surface area contributed by atoms with E-state index in [1.807, 2.05) is 23.7 Å².